The molecule has 2 aromatic rings. The number of nitrogens with one attached hydrogen (secondary N) is 1. The molecule has 0 unspecified atom stereocenters. The number of hydrogen-bond donors (Lipinski definition) is 3. The predicted octanol–water partition coefficient (Wildman–Crippen LogP) is 1.71. The van der Waals surface area contributed by atoms with E-state index in [4.69, 9.17) is 11.5 Å². The van der Waals surface area contributed by atoms with Crippen LogP contribution in [0.15, 0.2) is 30.3 Å². The molecule has 1 aromatic heterocycles. The van der Waals surface area contributed by atoms with Gasteiger partial charge in [0.2, 0.25) is 5.95 Å². The monoisotopic (exact) mass is 312 g/mol. The molecule has 6 heteroatoms. The van der Waals surface area contributed by atoms with Crippen LogP contribution >= 0.6 is 0 Å². The number of piperidine rings is 1. The molecule has 0 aliphatic carbocycles. The van der Waals surface area contributed by atoms with Crippen LogP contribution in [0.4, 0.5) is 17.5 Å². The van der Waals surface area contributed by atoms with E-state index in [0.717, 1.165) is 49.7 Å². The average molecular weight is 312 g/mol. The minimum Gasteiger partial charge on any atom is -0.399 e. The van der Waals surface area contributed by atoms with Gasteiger partial charge in [-0.1, -0.05) is 12.1 Å². The Morgan fingerprint density at radius 2 is 1.83 bits per heavy atom. The van der Waals surface area contributed by atoms with Crippen LogP contribution in [0.25, 0.3) is 0 Å². The third-order valence-corrected chi connectivity index (χ3v) is 4.25. The van der Waals surface area contributed by atoms with Crippen molar-refractivity contribution < 1.29 is 0 Å². The zero-order valence-corrected chi connectivity index (χ0v) is 13.5. The van der Waals surface area contributed by atoms with Crippen molar-refractivity contribution >= 4 is 17.5 Å². The Labute approximate surface area is 136 Å². The Kier molecular flexibility index (Phi) is 4.62. The van der Waals surface area contributed by atoms with Gasteiger partial charge in [-0.25, -0.2) is 4.98 Å². The maximum Gasteiger partial charge on any atom is 0.222 e. The Hall–Kier alpha value is -2.34. The average Bonchev–Trinajstić information content (AvgIpc) is 2.54. The third kappa shape index (κ3) is 4.10. The number of hydrogen-bond acceptors (Lipinski definition) is 6. The van der Waals surface area contributed by atoms with Gasteiger partial charge in [0.15, 0.2) is 0 Å². The zero-order chi connectivity index (χ0) is 16.2. The van der Waals surface area contributed by atoms with Crippen molar-refractivity contribution in [2.75, 3.05) is 29.5 Å². The summed E-state index contributed by atoms with van der Waals surface area (Å²) in [6.45, 7) is 4.79. The van der Waals surface area contributed by atoms with Crippen LogP contribution in [-0.2, 0) is 6.54 Å². The first-order valence-electron chi connectivity index (χ1n) is 8.04. The molecule has 3 rings (SSSR count). The molecule has 0 radical (unpaired) electrons. The van der Waals surface area contributed by atoms with Crippen molar-refractivity contribution in [3.63, 3.8) is 0 Å². The van der Waals surface area contributed by atoms with E-state index < -0.39 is 0 Å². The molecule has 2 heterocycles. The van der Waals surface area contributed by atoms with E-state index in [1.807, 2.05) is 25.1 Å². The number of benzene rings is 1. The van der Waals surface area contributed by atoms with Gasteiger partial charge in [0.05, 0.1) is 0 Å². The van der Waals surface area contributed by atoms with Crippen LogP contribution in [0, 0.1) is 6.92 Å². The highest BCUT2D eigenvalue weighted by Gasteiger charge is 2.20. The molecule has 23 heavy (non-hydrogen) atoms. The summed E-state index contributed by atoms with van der Waals surface area (Å²) < 4.78 is 0. The van der Waals surface area contributed by atoms with Crippen molar-refractivity contribution in [2.45, 2.75) is 32.4 Å². The summed E-state index contributed by atoms with van der Waals surface area (Å²) in [6.07, 6.45) is 2.19. The molecular weight excluding hydrogens is 288 g/mol. The van der Waals surface area contributed by atoms with Crippen molar-refractivity contribution in [3.05, 3.63) is 41.6 Å². The molecular formula is C17H24N6. The number of rotatable bonds is 4. The fraction of sp³-hybridized carbons (Fsp3) is 0.412. The Morgan fingerprint density at radius 1 is 1.13 bits per heavy atom. The summed E-state index contributed by atoms with van der Waals surface area (Å²) in [5.41, 5.74) is 14.4. The van der Waals surface area contributed by atoms with Crippen LogP contribution in [0.3, 0.4) is 0 Å². The number of nitrogens with zero attached hydrogens (tertiary/aromatic N) is 3. The molecule has 0 amide bonds. The summed E-state index contributed by atoms with van der Waals surface area (Å²) in [5.74, 6) is 1.29. The number of nitrogen functional groups attached to an aromatic ring is 2. The Balaban J connectivity index is 1.51. The maximum atomic E-state index is 5.75. The van der Waals surface area contributed by atoms with Crippen molar-refractivity contribution in [1.82, 2.24) is 15.3 Å². The van der Waals surface area contributed by atoms with E-state index in [1.165, 1.54) is 5.56 Å². The fourth-order valence-electron chi connectivity index (χ4n) is 2.95. The molecule has 0 atom stereocenters. The standard InChI is InChI=1S/C17H24N6/c1-12-10-16(22-17(19)21-12)23-8-6-15(7-9-23)20-11-13-2-4-14(18)5-3-13/h2-5,10,15,20H,6-9,11,18H2,1H3,(H2,19,21,22). The minimum absolute atomic E-state index is 0.351. The van der Waals surface area contributed by atoms with Gasteiger partial charge < -0.3 is 21.7 Å². The summed E-state index contributed by atoms with van der Waals surface area (Å²) in [5, 5.41) is 3.63. The second-order valence-electron chi connectivity index (χ2n) is 6.11. The molecule has 6 nitrogen and oxygen atoms in total. The molecule has 5 N–H and O–H groups in total. The van der Waals surface area contributed by atoms with Crippen LogP contribution in [0.5, 0.6) is 0 Å². The molecule has 0 spiro atoms. The summed E-state index contributed by atoms with van der Waals surface area (Å²) >= 11 is 0. The van der Waals surface area contributed by atoms with E-state index in [9.17, 15) is 0 Å². The lowest BCUT2D eigenvalue weighted by Gasteiger charge is -2.33. The fourth-order valence-corrected chi connectivity index (χ4v) is 2.95. The molecule has 0 bridgehead atoms. The predicted molar refractivity (Wildman–Crippen MR) is 94.1 cm³/mol. The van der Waals surface area contributed by atoms with Gasteiger partial charge in [-0.3, -0.25) is 0 Å². The van der Waals surface area contributed by atoms with Crippen molar-refractivity contribution in [3.8, 4) is 0 Å². The molecule has 1 aliphatic heterocycles. The number of anilines is 3. The Morgan fingerprint density at radius 3 is 2.48 bits per heavy atom. The minimum atomic E-state index is 0.351. The van der Waals surface area contributed by atoms with Crippen LogP contribution < -0.4 is 21.7 Å². The molecule has 122 valence electrons. The van der Waals surface area contributed by atoms with Crippen molar-refractivity contribution in [1.29, 1.82) is 0 Å². The van der Waals surface area contributed by atoms with Crippen LogP contribution in [0.2, 0.25) is 0 Å². The topological polar surface area (TPSA) is 93.1 Å². The van der Waals surface area contributed by atoms with Crippen molar-refractivity contribution in [2.24, 2.45) is 0 Å². The maximum absolute atomic E-state index is 5.75. The van der Waals surface area contributed by atoms with Crippen LogP contribution in [0.1, 0.15) is 24.1 Å². The number of nitrogens with two attached hydrogens (primary N) is 2. The number of aryl methyl sites for hydroxylation is 1. The highest BCUT2D eigenvalue weighted by atomic mass is 15.2. The molecule has 1 aliphatic rings. The number of aromatic nitrogens is 2. The summed E-state index contributed by atoms with van der Waals surface area (Å²) in [7, 11) is 0. The largest absolute Gasteiger partial charge is 0.399 e. The van der Waals surface area contributed by atoms with Gasteiger partial charge in [0, 0.05) is 43.1 Å². The van der Waals surface area contributed by atoms with E-state index in [-0.39, 0.29) is 0 Å². The van der Waals surface area contributed by atoms with E-state index in [0.29, 0.717) is 12.0 Å². The van der Waals surface area contributed by atoms with Gasteiger partial charge >= 0.3 is 0 Å². The summed E-state index contributed by atoms with van der Waals surface area (Å²) in [6, 6.07) is 10.6. The van der Waals surface area contributed by atoms with Gasteiger partial charge in [0.25, 0.3) is 0 Å². The SMILES string of the molecule is Cc1cc(N2CCC(NCc3ccc(N)cc3)CC2)nc(N)n1. The van der Waals surface area contributed by atoms with E-state index >= 15 is 0 Å². The van der Waals surface area contributed by atoms with Gasteiger partial charge in [-0.05, 0) is 37.5 Å². The second kappa shape index (κ2) is 6.83. The molecule has 1 fully saturated rings. The van der Waals surface area contributed by atoms with Crippen LogP contribution in [-0.4, -0.2) is 29.1 Å². The van der Waals surface area contributed by atoms with E-state index in [2.05, 4.69) is 32.3 Å². The first kappa shape index (κ1) is 15.6. The van der Waals surface area contributed by atoms with Gasteiger partial charge in [0.1, 0.15) is 5.82 Å². The Bertz CT molecular complexity index is 626. The summed E-state index contributed by atoms with van der Waals surface area (Å²) in [4.78, 5) is 10.8. The van der Waals surface area contributed by atoms with Gasteiger partial charge in [-0.2, -0.15) is 4.98 Å². The zero-order valence-electron chi connectivity index (χ0n) is 13.5. The smallest absolute Gasteiger partial charge is 0.222 e. The highest BCUT2D eigenvalue weighted by Crippen LogP contribution is 2.19. The first-order chi connectivity index (χ1) is 11.1. The highest BCUT2D eigenvalue weighted by molar-refractivity contribution is 5.43. The normalized spacial score (nSPS) is 15.8. The lowest BCUT2D eigenvalue weighted by atomic mass is 10.0. The lowest BCUT2D eigenvalue weighted by Crippen LogP contribution is -2.42. The molecule has 0 saturated carbocycles. The van der Waals surface area contributed by atoms with Gasteiger partial charge in [-0.15, -0.1) is 0 Å². The van der Waals surface area contributed by atoms with E-state index in [1.54, 1.807) is 0 Å². The third-order valence-electron chi connectivity index (χ3n) is 4.25. The first-order valence-corrected chi connectivity index (χ1v) is 8.04. The second-order valence-corrected chi connectivity index (χ2v) is 6.11. The molecule has 1 saturated heterocycles. The lowest BCUT2D eigenvalue weighted by molar-refractivity contribution is 0.412. The quantitative estimate of drug-likeness (QED) is 0.744. The molecule has 1 aromatic carbocycles.